The SMILES string of the molecule is CCC1C(=O)NC(CC(C)C)C(=O)N1CCOC(F)(F)F. The van der Waals surface area contributed by atoms with Gasteiger partial charge in [-0.2, -0.15) is 0 Å². The van der Waals surface area contributed by atoms with Crippen molar-refractivity contribution in [3.05, 3.63) is 0 Å². The number of hydrogen-bond acceptors (Lipinski definition) is 3. The van der Waals surface area contributed by atoms with Crippen LogP contribution in [0.5, 0.6) is 0 Å². The van der Waals surface area contributed by atoms with Crippen LogP contribution in [0.1, 0.15) is 33.6 Å². The zero-order valence-corrected chi connectivity index (χ0v) is 12.4. The van der Waals surface area contributed by atoms with E-state index in [0.717, 1.165) is 0 Å². The average Bonchev–Trinajstić information content (AvgIpc) is 2.33. The number of alkyl halides is 3. The van der Waals surface area contributed by atoms with Crippen LogP contribution in [0.15, 0.2) is 0 Å². The molecule has 2 atom stereocenters. The summed E-state index contributed by atoms with van der Waals surface area (Å²) in [5.74, 6) is -0.485. The molecule has 0 aliphatic carbocycles. The van der Waals surface area contributed by atoms with E-state index in [9.17, 15) is 22.8 Å². The molecular weight excluding hydrogens is 289 g/mol. The minimum Gasteiger partial charge on any atom is -0.342 e. The zero-order chi connectivity index (χ0) is 16.2. The van der Waals surface area contributed by atoms with Crippen LogP contribution in [0.3, 0.4) is 0 Å². The van der Waals surface area contributed by atoms with Gasteiger partial charge in [-0.05, 0) is 18.8 Å². The van der Waals surface area contributed by atoms with Crippen LogP contribution in [0, 0.1) is 5.92 Å². The number of nitrogens with zero attached hydrogens (tertiary/aromatic N) is 1. The number of carbonyl (C=O) groups is 2. The molecule has 1 aliphatic rings. The standard InChI is InChI=1S/C13H21F3N2O3/c1-4-10-11(19)17-9(7-8(2)3)12(20)18(10)5-6-21-13(14,15)16/h8-10H,4-7H2,1-3H3,(H,17,19). The van der Waals surface area contributed by atoms with Crippen molar-refractivity contribution in [1.82, 2.24) is 10.2 Å². The first-order valence-corrected chi connectivity index (χ1v) is 6.97. The molecule has 0 aromatic heterocycles. The molecule has 0 radical (unpaired) electrons. The fourth-order valence-corrected chi connectivity index (χ4v) is 2.39. The largest absolute Gasteiger partial charge is 0.522 e. The molecule has 1 heterocycles. The van der Waals surface area contributed by atoms with Crippen molar-refractivity contribution in [2.24, 2.45) is 5.92 Å². The fourth-order valence-electron chi connectivity index (χ4n) is 2.39. The van der Waals surface area contributed by atoms with Gasteiger partial charge in [0.05, 0.1) is 6.61 Å². The number of ether oxygens (including phenoxy) is 1. The quantitative estimate of drug-likeness (QED) is 0.812. The topological polar surface area (TPSA) is 58.6 Å². The van der Waals surface area contributed by atoms with Crippen molar-refractivity contribution in [2.75, 3.05) is 13.2 Å². The van der Waals surface area contributed by atoms with E-state index in [1.54, 1.807) is 6.92 Å². The molecule has 2 amide bonds. The molecule has 1 rings (SSSR count). The summed E-state index contributed by atoms with van der Waals surface area (Å²) in [7, 11) is 0. The molecule has 0 aromatic rings. The summed E-state index contributed by atoms with van der Waals surface area (Å²) in [5, 5.41) is 2.64. The lowest BCUT2D eigenvalue weighted by molar-refractivity contribution is -0.325. The fraction of sp³-hybridized carbons (Fsp3) is 0.846. The molecule has 0 aromatic carbocycles. The van der Waals surface area contributed by atoms with E-state index in [-0.39, 0.29) is 24.3 Å². The van der Waals surface area contributed by atoms with Gasteiger partial charge in [0.15, 0.2) is 0 Å². The second-order valence-corrected chi connectivity index (χ2v) is 5.44. The molecule has 1 aliphatic heterocycles. The number of piperazine rings is 1. The van der Waals surface area contributed by atoms with Crippen LogP contribution in [0.25, 0.3) is 0 Å². The first-order valence-electron chi connectivity index (χ1n) is 6.97. The number of hydrogen-bond donors (Lipinski definition) is 1. The van der Waals surface area contributed by atoms with Gasteiger partial charge in [-0.15, -0.1) is 13.2 Å². The molecule has 0 saturated carbocycles. The molecule has 5 nitrogen and oxygen atoms in total. The summed E-state index contributed by atoms with van der Waals surface area (Å²) in [5.41, 5.74) is 0. The van der Waals surface area contributed by atoms with E-state index < -0.39 is 25.1 Å². The molecule has 0 bridgehead atoms. The summed E-state index contributed by atoms with van der Waals surface area (Å²) in [6.07, 6.45) is -3.93. The third-order valence-electron chi connectivity index (χ3n) is 3.27. The highest BCUT2D eigenvalue weighted by atomic mass is 19.4. The number of halogens is 3. The Kier molecular flexibility index (Phi) is 6.00. The molecule has 2 unspecified atom stereocenters. The van der Waals surface area contributed by atoms with E-state index in [1.807, 2.05) is 13.8 Å². The highest BCUT2D eigenvalue weighted by Gasteiger charge is 2.40. The summed E-state index contributed by atoms with van der Waals surface area (Å²) in [6, 6.07) is -1.41. The van der Waals surface area contributed by atoms with Gasteiger partial charge >= 0.3 is 6.36 Å². The zero-order valence-electron chi connectivity index (χ0n) is 12.4. The predicted octanol–water partition coefficient (Wildman–Crippen LogP) is 1.67. The van der Waals surface area contributed by atoms with E-state index in [4.69, 9.17) is 0 Å². The Hall–Kier alpha value is -1.31. The van der Waals surface area contributed by atoms with Crippen molar-refractivity contribution in [2.45, 2.75) is 52.1 Å². The molecular formula is C13H21F3N2O3. The highest BCUT2D eigenvalue weighted by Crippen LogP contribution is 2.19. The van der Waals surface area contributed by atoms with E-state index in [2.05, 4.69) is 10.1 Å². The molecule has 1 N–H and O–H groups in total. The predicted molar refractivity (Wildman–Crippen MR) is 69.2 cm³/mol. The van der Waals surface area contributed by atoms with Crippen molar-refractivity contribution in [1.29, 1.82) is 0 Å². The van der Waals surface area contributed by atoms with Gasteiger partial charge in [0.25, 0.3) is 0 Å². The lowest BCUT2D eigenvalue weighted by atomic mass is 9.98. The van der Waals surface area contributed by atoms with Crippen molar-refractivity contribution < 1.29 is 27.5 Å². The van der Waals surface area contributed by atoms with E-state index in [1.165, 1.54) is 4.90 Å². The van der Waals surface area contributed by atoms with Gasteiger partial charge in [-0.1, -0.05) is 20.8 Å². The first kappa shape index (κ1) is 17.7. The molecule has 0 spiro atoms. The molecule has 1 fully saturated rings. The van der Waals surface area contributed by atoms with Crippen LogP contribution in [0.2, 0.25) is 0 Å². The van der Waals surface area contributed by atoms with Gasteiger partial charge in [0, 0.05) is 6.54 Å². The lowest BCUT2D eigenvalue weighted by Gasteiger charge is -2.39. The smallest absolute Gasteiger partial charge is 0.342 e. The van der Waals surface area contributed by atoms with Crippen molar-refractivity contribution in [3.63, 3.8) is 0 Å². The summed E-state index contributed by atoms with van der Waals surface area (Å²) in [4.78, 5) is 25.5. The third-order valence-corrected chi connectivity index (χ3v) is 3.27. The Morgan fingerprint density at radius 2 is 1.95 bits per heavy atom. The van der Waals surface area contributed by atoms with Gasteiger partial charge in [0.2, 0.25) is 11.8 Å². The normalized spacial score (nSPS) is 23.7. The minimum absolute atomic E-state index is 0.186. The first-order chi connectivity index (χ1) is 9.65. The molecule has 122 valence electrons. The van der Waals surface area contributed by atoms with Crippen LogP contribution < -0.4 is 5.32 Å². The van der Waals surface area contributed by atoms with Crippen LogP contribution in [0.4, 0.5) is 13.2 Å². The van der Waals surface area contributed by atoms with Crippen molar-refractivity contribution in [3.8, 4) is 0 Å². The maximum absolute atomic E-state index is 12.3. The van der Waals surface area contributed by atoms with Crippen LogP contribution in [-0.4, -0.2) is 48.3 Å². The summed E-state index contributed by atoms with van der Waals surface area (Å²) < 4.78 is 39.7. The number of amides is 2. The Balaban J connectivity index is 2.74. The third kappa shape index (κ3) is 5.18. The van der Waals surface area contributed by atoms with E-state index >= 15 is 0 Å². The maximum Gasteiger partial charge on any atom is 0.522 e. The number of carbonyl (C=O) groups excluding carboxylic acids is 2. The number of nitrogens with one attached hydrogen (secondary N) is 1. The highest BCUT2D eigenvalue weighted by molar-refractivity contribution is 5.96. The van der Waals surface area contributed by atoms with Crippen molar-refractivity contribution >= 4 is 11.8 Å². The monoisotopic (exact) mass is 310 g/mol. The lowest BCUT2D eigenvalue weighted by Crippen LogP contribution is -2.63. The second-order valence-electron chi connectivity index (χ2n) is 5.44. The van der Waals surface area contributed by atoms with Gasteiger partial charge in [0.1, 0.15) is 12.1 Å². The Labute approximate surface area is 121 Å². The molecule has 8 heteroatoms. The number of rotatable bonds is 6. The Bertz CT molecular complexity index is 385. The Morgan fingerprint density at radius 1 is 1.33 bits per heavy atom. The van der Waals surface area contributed by atoms with Crippen LogP contribution in [-0.2, 0) is 14.3 Å². The molecule has 1 saturated heterocycles. The van der Waals surface area contributed by atoms with Crippen LogP contribution >= 0.6 is 0 Å². The Morgan fingerprint density at radius 3 is 2.43 bits per heavy atom. The average molecular weight is 310 g/mol. The van der Waals surface area contributed by atoms with Gasteiger partial charge < -0.3 is 10.2 Å². The minimum atomic E-state index is -4.74. The summed E-state index contributed by atoms with van der Waals surface area (Å²) in [6.45, 7) is 4.59. The molecule has 21 heavy (non-hydrogen) atoms. The van der Waals surface area contributed by atoms with Gasteiger partial charge in [-0.25, -0.2) is 0 Å². The second kappa shape index (κ2) is 7.11. The summed E-state index contributed by atoms with van der Waals surface area (Å²) >= 11 is 0. The van der Waals surface area contributed by atoms with Gasteiger partial charge in [-0.3, -0.25) is 14.3 Å². The van der Waals surface area contributed by atoms with E-state index in [0.29, 0.717) is 12.8 Å². The maximum atomic E-state index is 12.3.